The van der Waals surface area contributed by atoms with Crippen LogP contribution >= 0.6 is 0 Å². The van der Waals surface area contributed by atoms with Gasteiger partial charge in [-0.2, -0.15) is 0 Å². The van der Waals surface area contributed by atoms with Crippen molar-refractivity contribution >= 4 is 21.1 Å². The van der Waals surface area contributed by atoms with Gasteiger partial charge in [0.2, 0.25) is 10.0 Å². The van der Waals surface area contributed by atoms with Gasteiger partial charge in [0.25, 0.3) is 0 Å². The first kappa shape index (κ1) is 15.0. The molecular formula is C14H21N3O2S. The van der Waals surface area contributed by atoms with E-state index in [1.807, 2.05) is 32.0 Å². The topological polar surface area (TPSA) is 74.8 Å². The summed E-state index contributed by atoms with van der Waals surface area (Å²) in [5, 5.41) is 0. The Kier molecular flexibility index (Phi) is 4.45. The first-order valence-corrected chi connectivity index (χ1v) is 8.53. The number of imidazole rings is 1. The smallest absolute Gasteiger partial charge is 0.212 e. The van der Waals surface area contributed by atoms with Crippen molar-refractivity contribution in [2.24, 2.45) is 0 Å². The van der Waals surface area contributed by atoms with Gasteiger partial charge in [-0.25, -0.2) is 18.1 Å². The van der Waals surface area contributed by atoms with E-state index in [2.05, 4.69) is 14.7 Å². The van der Waals surface area contributed by atoms with Crippen LogP contribution in [-0.2, 0) is 10.0 Å². The summed E-state index contributed by atoms with van der Waals surface area (Å²) in [6.07, 6.45) is 1.53. The number of hydrogen-bond donors (Lipinski definition) is 2. The fraction of sp³-hybridized carbons (Fsp3) is 0.500. The summed E-state index contributed by atoms with van der Waals surface area (Å²) in [7, 11) is -3.25. The highest BCUT2D eigenvalue weighted by Gasteiger charge is 2.17. The maximum absolute atomic E-state index is 11.9. The summed E-state index contributed by atoms with van der Waals surface area (Å²) in [6, 6.07) is 5.57. The number of rotatable bonds is 6. The monoisotopic (exact) mass is 295 g/mol. The molecule has 0 aliphatic rings. The average molecular weight is 295 g/mol. The molecular weight excluding hydrogens is 274 g/mol. The van der Waals surface area contributed by atoms with Crippen LogP contribution in [0.2, 0.25) is 0 Å². The number of aryl methyl sites for hydroxylation is 1. The predicted molar refractivity (Wildman–Crippen MR) is 81.1 cm³/mol. The summed E-state index contributed by atoms with van der Waals surface area (Å²) in [6.45, 7) is 5.78. The standard InChI is InChI=1S/C14H21N3O2S/c1-4-5-8-20(18,19)17-11(3)14-15-12-7-6-10(2)9-13(12)16-14/h6-7,9,11,17H,4-5,8H2,1-3H3,(H,15,16). The summed E-state index contributed by atoms with van der Waals surface area (Å²) in [4.78, 5) is 7.61. The van der Waals surface area contributed by atoms with Crippen LogP contribution in [0.1, 0.15) is 44.1 Å². The lowest BCUT2D eigenvalue weighted by molar-refractivity contribution is 0.558. The van der Waals surface area contributed by atoms with Crippen LogP contribution in [0.5, 0.6) is 0 Å². The third kappa shape index (κ3) is 3.58. The van der Waals surface area contributed by atoms with Gasteiger partial charge in [0.15, 0.2) is 0 Å². The molecule has 20 heavy (non-hydrogen) atoms. The SMILES string of the molecule is CCCCS(=O)(=O)NC(C)c1nc2ccc(C)cc2[nH]1. The molecule has 1 aromatic carbocycles. The molecule has 0 aliphatic heterocycles. The van der Waals surface area contributed by atoms with E-state index in [9.17, 15) is 8.42 Å². The largest absolute Gasteiger partial charge is 0.341 e. The minimum absolute atomic E-state index is 0.160. The molecule has 2 rings (SSSR count). The highest BCUT2D eigenvalue weighted by molar-refractivity contribution is 7.89. The maximum atomic E-state index is 11.9. The van der Waals surface area contributed by atoms with Gasteiger partial charge >= 0.3 is 0 Å². The number of aromatic nitrogens is 2. The van der Waals surface area contributed by atoms with Gasteiger partial charge < -0.3 is 4.98 Å². The zero-order valence-corrected chi connectivity index (χ0v) is 12.9. The second kappa shape index (κ2) is 5.93. The van der Waals surface area contributed by atoms with E-state index < -0.39 is 10.0 Å². The molecule has 6 heteroatoms. The molecule has 0 aliphatic carbocycles. The maximum Gasteiger partial charge on any atom is 0.212 e. The van der Waals surface area contributed by atoms with Gasteiger partial charge in [-0.05, 0) is 38.0 Å². The van der Waals surface area contributed by atoms with E-state index >= 15 is 0 Å². The molecule has 2 aromatic rings. The quantitative estimate of drug-likeness (QED) is 0.860. The van der Waals surface area contributed by atoms with Crippen molar-refractivity contribution in [3.63, 3.8) is 0 Å². The summed E-state index contributed by atoms with van der Waals surface area (Å²) < 4.78 is 26.4. The van der Waals surface area contributed by atoms with E-state index in [1.54, 1.807) is 6.92 Å². The number of H-pyrrole nitrogens is 1. The van der Waals surface area contributed by atoms with Gasteiger partial charge in [0.05, 0.1) is 22.8 Å². The first-order chi connectivity index (χ1) is 9.41. The average Bonchev–Trinajstić information content (AvgIpc) is 2.79. The van der Waals surface area contributed by atoms with Gasteiger partial charge in [0, 0.05) is 0 Å². The van der Waals surface area contributed by atoms with Crippen molar-refractivity contribution in [3.8, 4) is 0 Å². The minimum Gasteiger partial charge on any atom is -0.341 e. The fourth-order valence-electron chi connectivity index (χ4n) is 2.07. The summed E-state index contributed by atoms with van der Waals surface area (Å²) >= 11 is 0. The van der Waals surface area contributed by atoms with E-state index in [-0.39, 0.29) is 11.8 Å². The second-order valence-corrected chi connectivity index (χ2v) is 7.03. The summed E-state index contributed by atoms with van der Waals surface area (Å²) in [5.41, 5.74) is 2.92. The molecule has 0 amide bonds. The van der Waals surface area contributed by atoms with E-state index in [0.717, 1.165) is 23.0 Å². The molecule has 0 radical (unpaired) electrons. The Labute approximate surface area is 119 Å². The van der Waals surface area contributed by atoms with Gasteiger partial charge in [-0.3, -0.25) is 0 Å². The number of unbranched alkanes of at least 4 members (excludes halogenated alkanes) is 1. The molecule has 0 fully saturated rings. The molecule has 5 nitrogen and oxygen atoms in total. The zero-order chi connectivity index (χ0) is 14.8. The molecule has 0 bridgehead atoms. The van der Waals surface area contributed by atoms with E-state index in [1.165, 1.54) is 0 Å². The van der Waals surface area contributed by atoms with Gasteiger partial charge in [-0.15, -0.1) is 0 Å². The lowest BCUT2D eigenvalue weighted by atomic mass is 10.2. The third-order valence-corrected chi connectivity index (χ3v) is 4.73. The summed E-state index contributed by atoms with van der Waals surface area (Å²) in [5.74, 6) is 0.804. The number of nitrogens with zero attached hydrogens (tertiary/aromatic N) is 1. The van der Waals surface area contributed by atoms with Crippen molar-refractivity contribution in [3.05, 3.63) is 29.6 Å². The molecule has 1 aromatic heterocycles. The van der Waals surface area contributed by atoms with E-state index in [0.29, 0.717) is 12.2 Å². The van der Waals surface area contributed by atoms with Gasteiger partial charge in [0.1, 0.15) is 5.82 Å². The van der Waals surface area contributed by atoms with Crippen LogP contribution in [0.3, 0.4) is 0 Å². The van der Waals surface area contributed by atoms with Crippen LogP contribution in [-0.4, -0.2) is 24.1 Å². The van der Waals surface area contributed by atoms with Crippen molar-refractivity contribution in [2.75, 3.05) is 5.75 Å². The number of sulfonamides is 1. The van der Waals surface area contributed by atoms with Gasteiger partial charge in [-0.1, -0.05) is 19.4 Å². The molecule has 1 atom stereocenters. The number of fused-ring (bicyclic) bond motifs is 1. The normalized spacial score (nSPS) is 13.8. The van der Waals surface area contributed by atoms with Crippen LogP contribution in [0.15, 0.2) is 18.2 Å². The molecule has 1 unspecified atom stereocenters. The molecule has 0 saturated heterocycles. The van der Waals surface area contributed by atoms with E-state index in [4.69, 9.17) is 0 Å². The number of aromatic amines is 1. The molecule has 110 valence electrons. The number of hydrogen-bond acceptors (Lipinski definition) is 3. The van der Waals surface area contributed by atoms with Crippen LogP contribution < -0.4 is 4.72 Å². The highest BCUT2D eigenvalue weighted by atomic mass is 32.2. The van der Waals surface area contributed by atoms with Crippen molar-refractivity contribution in [1.29, 1.82) is 0 Å². The molecule has 1 heterocycles. The predicted octanol–water partition coefficient (Wildman–Crippen LogP) is 2.65. The zero-order valence-electron chi connectivity index (χ0n) is 12.1. The van der Waals surface area contributed by atoms with Crippen molar-refractivity contribution in [1.82, 2.24) is 14.7 Å². The molecule has 0 saturated carbocycles. The lowest BCUT2D eigenvalue weighted by Crippen LogP contribution is -2.29. The Bertz CT molecular complexity index is 692. The number of nitrogens with one attached hydrogen (secondary N) is 2. The number of benzene rings is 1. The Morgan fingerprint density at radius 1 is 1.40 bits per heavy atom. The van der Waals surface area contributed by atoms with Crippen LogP contribution in [0, 0.1) is 6.92 Å². The van der Waals surface area contributed by atoms with Crippen LogP contribution in [0.25, 0.3) is 11.0 Å². The third-order valence-electron chi connectivity index (χ3n) is 3.19. The second-order valence-electron chi connectivity index (χ2n) is 5.15. The lowest BCUT2D eigenvalue weighted by Gasteiger charge is -2.11. The fourth-order valence-corrected chi connectivity index (χ4v) is 3.50. The Hall–Kier alpha value is -1.40. The molecule has 0 spiro atoms. The van der Waals surface area contributed by atoms with Crippen LogP contribution in [0.4, 0.5) is 0 Å². The minimum atomic E-state index is -3.25. The Morgan fingerprint density at radius 3 is 2.85 bits per heavy atom. The first-order valence-electron chi connectivity index (χ1n) is 6.87. The Morgan fingerprint density at radius 2 is 2.15 bits per heavy atom. The Balaban J connectivity index is 2.17. The molecule has 2 N–H and O–H groups in total. The van der Waals surface area contributed by atoms with Crippen molar-refractivity contribution < 1.29 is 8.42 Å². The highest BCUT2D eigenvalue weighted by Crippen LogP contribution is 2.17. The van der Waals surface area contributed by atoms with Crippen molar-refractivity contribution in [2.45, 2.75) is 39.7 Å².